The number of benzene rings is 1. The summed E-state index contributed by atoms with van der Waals surface area (Å²) in [5.74, 6) is 0. The van der Waals surface area contributed by atoms with Gasteiger partial charge in [-0.05, 0) is 0 Å². The van der Waals surface area contributed by atoms with Crippen molar-refractivity contribution in [3.63, 3.8) is 0 Å². The average Bonchev–Trinajstić information content (AvgIpc) is 2.58. The molecule has 8 N–H and O–H groups in total. The lowest BCUT2D eigenvalue weighted by Gasteiger charge is -2.23. The van der Waals surface area contributed by atoms with E-state index in [1.807, 2.05) is 6.07 Å². The van der Waals surface area contributed by atoms with Crippen LogP contribution >= 0.6 is 16.5 Å². The standard InChI is InChI=1S/C7H8O2.C5H12O4.H4O5P2/c8-7(9)6-4-2-1-3-5-6;6-1-5(2-7,3-8)4-9;1-6(2)5-7(3)4/h1-5,7-9H;6-9H,1-4H2;6-7H,(H,1,2)(H,3,4). The second-order valence-corrected chi connectivity index (χ2v) is 6.43. The number of hydrogen-bond donors (Lipinski definition) is 8. The molecule has 0 aliphatic rings. The Bertz CT molecular complexity index is 450. The maximum Gasteiger partial charge on any atom is 0.323 e. The molecular formula is C12H24O11P2. The molecule has 148 valence electrons. The highest BCUT2D eigenvalue weighted by atomic mass is 31.2. The van der Waals surface area contributed by atoms with Crippen molar-refractivity contribution in [2.75, 3.05) is 26.4 Å². The first-order chi connectivity index (χ1) is 11.7. The third kappa shape index (κ3) is 14.2. The van der Waals surface area contributed by atoms with Gasteiger partial charge in [0.2, 0.25) is 0 Å². The van der Waals surface area contributed by atoms with Crippen LogP contribution in [0.25, 0.3) is 0 Å². The lowest BCUT2D eigenvalue weighted by atomic mass is 9.93. The van der Waals surface area contributed by atoms with Crippen molar-refractivity contribution in [1.29, 1.82) is 0 Å². The Morgan fingerprint density at radius 3 is 1.32 bits per heavy atom. The van der Waals surface area contributed by atoms with Crippen LogP contribution in [0.4, 0.5) is 0 Å². The highest BCUT2D eigenvalue weighted by Crippen LogP contribution is 2.30. The highest BCUT2D eigenvalue weighted by molar-refractivity contribution is 7.46. The average molecular weight is 406 g/mol. The van der Waals surface area contributed by atoms with E-state index in [9.17, 15) is 9.13 Å². The number of rotatable bonds is 7. The summed E-state index contributed by atoms with van der Waals surface area (Å²) in [6, 6.07) is 8.66. The normalized spacial score (nSPS) is 13.2. The van der Waals surface area contributed by atoms with Gasteiger partial charge in [-0.15, -0.1) is 0 Å². The molecule has 0 aromatic heterocycles. The molecule has 0 saturated carbocycles. The Morgan fingerprint density at radius 1 is 0.840 bits per heavy atom. The summed E-state index contributed by atoms with van der Waals surface area (Å²) in [7, 11) is -6.40. The molecule has 25 heavy (non-hydrogen) atoms. The first kappa shape index (κ1) is 26.5. The summed E-state index contributed by atoms with van der Waals surface area (Å²) in [4.78, 5) is 15.4. The maximum atomic E-state index is 9.44. The molecule has 0 spiro atoms. The lowest BCUT2D eigenvalue weighted by Crippen LogP contribution is -2.37. The highest BCUT2D eigenvalue weighted by Gasteiger charge is 2.26. The van der Waals surface area contributed by atoms with E-state index in [-0.39, 0.29) is 0 Å². The zero-order valence-electron chi connectivity index (χ0n) is 13.1. The molecule has 0 aliphatic heterocycles. The Hall–Kier alpha value is -0.680. The quantitative estimate of drug-likeness (QED) is 0.191. The van der Waals surface area contributed by atoms with E-state index in [0.717, 1.165) is 0 Å². The van der Waals surface area contributed by atoms with Gasteiger partial charge in [-0.3, -0.25) is 9.13 Å². The summed E-state index contributed by atoms with van der Waals surface area (Å²) in [5.41, 5.74) is -0.586. The molecule has 0 radical (unpaired) electrons. The minimum Gasteiger partial charge on any atom is -0.396 e. The maximum absolute atomic E-state index is 9.44. The fourth-order valence-corrected chi connectivity index (χ4v) is 1.60. The predicted octanol–water partition coefficient (Wildman–Crippen LogP) is -1.62. The van der Waals surface area contributed by atoms with Gasteiger partial charge in [0.05, 0.1) is 31.8 Å². The monoisotopic (exact) mass is 406 g/mol. The first-order valence-electron chi connectivity index (χ1n) is 6.66. The van der Waals surface area contributed by atoms with Gasteiger partial charge in [0.15, 0.2) is 6.29 Å². The molecule has 1 aromatic carbocycles. The van der Waals surface area contributed by atoms with Gasteiger partial charge in [-0.25, -0.2) is 4.31 Å². The number of hydrogen-bond acceptors (Lipinski definition) is 9. The molecule has 2 unspecified atom stereocenters. The van der Waals surface area contributed by atoms with Crippen LogP contribution in [0.1, 0.15) is 11.9 Å². The largest absolute Gasteiger partial charge is 0.396 e. The van der Waals surface area contributed by atoms with Crippen molar-refractivity contribution in [2.45, 2.75) is 6.29 Å². The SMILES string of the molecule is O=[PH](O)O[PH](=O)O.OC(O)c1ccccc1.OCC(CO)(CO)CO. The summed E-state index contributed by atoms with van der Waals surface area (Å²) < 4.78 is 22.3. The molecule has 0 saturated heterocycles. The predicted molar refractivity (Wildman–Crippen MR) is 87.9 cm³/mol. The number of aliphatic hydroxyl groups is 6. The third-order valence-corrected chi connectivity index (χ3v) is 4.01. The molecule has 1 aromatic rings. The molecule has 13 heteroatoms. The zero-order valence-corrected chi connectivity index (χ0v) is 15.1. The molecule has 2 atom stereocenters. The Balaban J connectivity index is 0. The van der Waals surface area contributed by atoms with E-state index in [4.69, 9.17) is 40.4 Å². The molecular weight excluding hydrogens is 382 g/mol. The summed E-state index contributed by atoms with van der Waals surface area (Å²) in [5, 5.41) is 51.1. The second-order valence-electron chi connectivity index (χ2n) is 4.55. The lowest BCUT2D eigenvalue weighted by molar-refractivity contribution is -0.0425. The molecule has 0 bridgehead atoms. The van der Waals surface area contributed by atoms with Gasteiger partial charge in [0.25, 0.3) is 0 Å². The fourth-order valence-electron chi connectivity index (χ4n) is 1.000. The second kappa shape index (κ2) is 15.6. The van der Waals surface area contributed by atoms with E-state index >= 15 is 0 Å². The van der Waals surface area contributed by atoms with Crippen molar-refractivity contribution in [1.82, 2.24) is 0 Å². The number of aliphatic hydroxyl groups excluding tert-OH is 5. The van der Waals surface area contributed by atoms with Gasteiger partial charge in [-0.1, -0.05) is 30.3 Å². The third-order valence-electron chi connectivity index (χ3n) is 2.61. The molecule has 11 nitrogen and oxygen atoms in total. The Kier molecular flexibility index (Phi) is 16.5. The van der Waals surface area contributed by atoms with Gasteiger partial charge in [-0.2, -0.15) is 0 Å². The van der Waals surface area contributed by atoms with Crippen LogP contribution in [0.3, 0.4) is 0 Å². The summed E-state index contributed by atoms with van der Waals surface area (Å²) in [6.07, 6.45) is -1.34. The van der Waals surface area contributed by atoms with Crippen molar-refractivity contribution < 1.29 is 53.9 Å². The van der Waals surface area contributed by atoms with Crippen molar-refractivity contribution in [3.8, 4) is 0 Å². The van der Waals surface area contributed by atoms with Crippen LogP contribution in [-0.2, 0) is 13.4 Å². The van der Waals surface area contributed by atoms with Crippen LogP contribution in [0, 0.1) is 5.41 Å². The summed E-state index contributed by atoms with van der Waals surface area (Å²) >= 11 is 0. The van der Waals surface area contributed by atoms with Crippen LogP contribution in [0.15, 0.2) is 30.3 Å². The minimum atomic E-state index is -3.20. The van der Waals surface area contributed by atoms with Crippen molar-refractivity contribution in [2.24, 2.45) is 5.41 Å². The molecule has 0 fully saturated rings. The molecule has 1 rings (SSSR count). The Morgan fingerprint density at radius 2 is 1.20 bits per heavy atom. The van der Waals surface area contributed by atoms with E-state index in [0.29, 0.717) is 5.56 Å². The molecule has 0 heterocycles. The minimum absolute atomic E-state index is 0.406. The molecule has 0 amide bonds. The smallest absolute Gasteiger partial charge is 0.323 e. The Labute approximate surface area is 145 Å². The van der Waals surface area contributed by atoms with Gasteiger partial charge in [0.1, 0.15) is 0 Å². The van der Waals surface area contributed by atoms with Crippen molar-refractivity contribution in [3.05, 3.63) is 35.9 Å². The zero-order chi connectivity index (χ0) is 19.9. The van der Waals surface area contributed by atoms with Crippen LogP contribution < -0.4 is 0 Å². The van der Waals surface area contributed by atoms with E-state index in [2.05, 4.69) is 4.31 Å². The van der Waals surface area contributed by atoms with Crippen LogP contribution in [0.5, 0.6) is 0 Å². The van der Waals surface area contributed by atoms with E-state index in [1.54, 1.807) is 24.3 Å². The van der Waals surface area contributed by atoms with E-state index < -0.39 is 54.6 Å². The first-order valence-corrected chi connectivity index (χ1v) is 9.19. The summed E-state index contributed by atoms with van der Waals surface area (Å²) in [6.45, 7) is -1.62. The van der Waals surface area contributed by atoms with Gasteiger partial charge < -0.3 is 40.4 Å². The van der Waals surface area contributed by atoms with Gasteiger partial charge in [0, 0.05) is 5.56 Å². The van der Waals surface area contributed by atoms with Crippen LogP contribution in [-0.4, -0.2) is 66.9 Å². The molecule has 0 aliphatic carbocycles. The van der Waals surface area contributed by atoms with Crippen LogP contribution in [0.2, 0.25) is 0 Å². The fraction of sp³-hybridized carbons (Fsp3) is 0.500. The topological polar surface area (TPSA) is 205 Å². The van der Waals surface area contributed by atoms with Crippen molar-refractivity contribution >= 4 is 16.5 Å². The van der Waals surface area contributed by atoms with E-state index in [1.165, 1.54) is 0 Å². The van der Waals surface area contributed by atoms with Gasteiger partial charge >= 0.3 is 16.5 Å².